The summed E-state index contributed by atoms with van der Waals surface area (Å²) in [5.74, 6) is 0.387. The molecule has 0 aliphatic rings. The Kier molecular flexibility index (Phi) is 2.44. The molecule has 0 fully saturated rings. The molecule has 0 amide bonds. The first kappa shape index (κ1) is 9.49. The monoisotopic (exact) mass is 207 g/mol. The number of nitrogens with zero attached hydrogens (tertiary/aromatic N) is 1. The second-order valence-corrected chi connectivity index (χ2v) is 4.53. The highest BCUT2D eigenvalue weighted by atomic mass is 32.1. The lowest BCUT2D eigenvalue weighted by Crippen LogP contribution is -2.09. The molecule has 0 bridgehead atoms. The highest BCUT2D eigenvalue weighted by molar-refractivity contribution is 7.17. The Morgan fingerprint density at radius 2 is 2.14 bits per heavy atom. The first-order valence-electron chi connectivity index (χ1n) is 4.51. The van der Waals surface area contributed by atoms with Gasteiger partial charge in [0.05, 0.1) is 4.70 Å². The molecule has 0 saturated carbocycles. The van der Waals surface area contributed by atoms with E-state index in [2.05, 4.69) is 16.3 Å². The predicted molar refractivity (Wildman–Crippen MR) is 60.9 cm³/mol. The van der Waals surface area contributed by atoms with Crippen molar-refractivity contribution >= 4 is 21.4 Å². The number of rotatable bonds is 2. The van der Waals surface area contributed by atoms with E-state index >= 15 is 0 Å². The summed E-state index contributed by atoms with van der Waals surface area (Å²) >= 11 is 1.61. The van der Waals surface area contributed by atoms with Crippen LogP contribution in [0.1, 0.15) is 5.56 Å². The van der Waals surface area contributed by atoms with Crippen molar-refractivity contribution in [3.05, 3.63) is 29.1 Å². The molecule has 1 aromatic heterocycles. The van der Waals surface area contributed by atoms with E-state index in [4.69, 9.17) is 0 Å². The molecule has 3 heteroatoms. The summed E-state index contributed by atoms with van der Waals surface area (Å²) in [6.07, 6.45) is 0. The average Bonchev–Trinajstić information content (AvgIpc) is 2.49. The van der Waals surface area contributed by atoms with Crippen LogP contribution in [-0.4, -0.2) is 24.1 Å². The highest BCUT2D eigenvalue weighted by Gasteiger charge is 2.07. The molecule has 0 radical (unpaired) electrons. The van der Waals surface area contributed by atoms with E-state index in [0.717, 1.165) is 11.2 Å². The summed E-state index contributed by atoms with van der Waals surface area (Å²) in [5.41, 5.74) is 1.28. The zero-order valence-corrected chi connectivity index (χ0v) is 9.14. The topological polar surface area (TPSA) is 23.5 Å². The summed E-state index contributed by atoms with van der Waals surface area (Å²) in [4.78, 5) is 2.13. The number of thiophene rings is 1. The van der Waals surface area contributed by atoms with Gasteiger partial charge in [-0.25, -0.2) is 0 Å². The Morgan fingerprint density at radius 3 is 2.86 bits per heavy atom. The van der Waals surface area contributed by atoms with Crippen LogP contribution in [0, 0.1) is 0 Å². The minimum absolute atomic E-state index is 0.387. The van der Waals surface area contributed by atoms with Crippen molar-refractivity contribution in [3.63, 3.8) is 0 Å². The van der Waals surface area contributed by atoms with Gasteiger partial charge in [0.15, 0.2) is 0 Å². The Bertz CT molecular complexity index is 447. The molecule has 2 nitrogen and oxygen atoms in total. The lowest BCUT2D eigenvalue weighted by Gasteiger charge is -2.07. The molecule has 1 heterocycles. The van der Waals surface area contributed by atoms with Crippen LogP contribution in [-0.2, 0) is 6.54 Å². The van der Waals surface area contributed by atoms with Gasteiger partial charge in [-0.2, -0.15) is 0 Å². The van der Waals surface area contributed by atoms with Gasteiger partial charge in [-0.05, 0) is 31.1 Å². The summed E-state index contributed by atoms with van der Waals surface area (Å²) in [6, 6.07) is 5.69. The number of phenols is 1. The zero-order chi connectivity index (χ0) is 10.1. The van der Waals surface area contributed by atoms with Crippen LogP contribution in [0.3, 0.4) is 0 Å². The van der Waals surface area contributed by atoms with E-state index in [-0.39, 0.29) is 0 Å². The van der Waals surface area contributed by atoms with E-state index in [1.807, 2.05) is 20.2 Å². The number of aromatic hydroxyl groups is 1. The second-order valence-electron chi connectivity index (χ2n) is 3.65. The molecule has 1 N–H and O–H groups in total. The van der Waals surface area contributed by atoms with Crippen molar-refractivity contribution < 1.29 is 5.11 Å². The summed E-state index contributed by atoms with van der Waals surface area (Å²) in [6.45, 7) is 0.920. The highest BCUT2D eigenvalue weighted by Crippen LogP contribution is 2.33. The van der Waals surface area contributed by atoms with Gasteiger partial charge in [-0.3, -0.25) is 0 Å². The minimum atomic E-state index is 0.387. The van der Waals surface area contributed by atoms with Crippen molar-refractivity contribution in [2.75, 3.05) is 14.1 Å². The van der Waals surface area contributed by atoms with Crippen LogP contribution in [0.4, 0.5) is 0 Å². The van der Waals surface area contributed by atoms with E-state index < -0.39 is 0 Å². The van der Waals surface area contributed by atoms with Gasteiger partial charge >= 0.3 is 0 Å². The minimum Gasteiger partial charge on any atom is -0.506 e. The smallest absolute Gasteiger partial charge is 0.133 e. The summed E-state index contributed by atoms with van der Waals surface area (Å²) in [5, 5.41) is 12.9. The first-order valence-corrected chi connectivity index (χ1v) is 5.39. The van der Waals surface area contributed by atoms with Gasteiger partial charge in [0, 0.05) is 11.9 Å². The number of hydrogen-bond donors (Lipinski definition) is 1. The van der Waals surface area contributed by atoms with Crippen LogP contribution in [0.2, 0.25) is 0 Å². The number of phenolic OH excluding ortho intramolecular Hbond substituents is 1. The lowest BCUT2D eigenvalue weighted by atomic mass is 10.1. The maximum absolute atomic E-state index is 9.62. The van der Waals surface area contributed by atoms with Crippen LogP contribution < -0.4 is 0 Å². The Morgan fingerprint density at radius 1 is 1.36 bits per heavy atom. The van der Waals surface area contributed by atoms with Gasteiger partial charge in [-0.1, -0.05) is 12.1 Å². The molecule has 0 spiro atoms. The molecule has 2 rings (SSSR count). The molecule has 0 unspecified atom stereocenters. The number of fused-ring (bicyclic) bond motifs is 1. The number of hydrogen-bond acceptors (Lipinski definition) is 3. The molecule has 1 aromatic carbocycles. The predicted octanol–water partition coefficient (Wildman–Crippen LogP) is 2.67. The lowest BCUT2D eigenvalue weighted by molar-refractivity contribution is 0.404. The van der Waals surface area contributed by atoms with Crippen molar-refractivity contribution in [3.8, 4) is 5.75 Å². The molecule has 0 aliphatic heterocycles. The van der Waals surface area contributed by atoms with Gasteiger partial charge in [-0.15, -0.1) is 11.3 Å². The van der Waals surface area contributed by atoms with Crippen LogP contribution in [0.5, 0.6) is 5.75 Å². The van der Waals surface area contributed by atoms with Crippen LogP contribution in [0.25, 0.3) is 10.1 Å². The quantitative estimate of drug-likeness (QED) is 0.818. The third-order valence-corrected chi connectivity index (χ3v) is 3.21. The Hall–Kier alpha value is -1.06. The normalized spacial score (nSPS) is 11.4. The fourth-order valence-corrected chi connectivity index (χ4v) is 2.53. The van der Waals surface area contributed by atoms with Gasteiger partial charge in [0.2, 0.25) is 0 Å². The Balaban J connectivity index is 2.52. The van der Waals surface area contributed by atoms with Crippen LogP contribution >= 0.6 is 11.3 Å². The maximum Gasteiger partial charge on any atom is 0.133 e. The number of benzene rings is 1. The molecule has 2 aromatic rings. The molecule has 0 saturated heterocycles. The molecule has 0 aliphatic carbocycles. The van der Waals surface area contributed by atoms with Gasteiger partial charge in [0.1, 0.15) is 5.75 Å². The maximum atomic E-state index is 9.62. The molecule has 14 heavy (non-hydrogen) atoms. The van der Waals surface area contributed by atoms with Crippen molar-refractivity contribution in [1.29, 1.82) is 0 Å². The zero-order valence-electron chi connectivity index (χ0n) is 8.32. The summed E-state index contributed by atoms with van der Waals surface area (Å²) in [7, 11) is 4.10. The molecular formula is C11H13NOS. The second kappa shape index (κ2) is 3.59. The van der Waals surface area contributed by atoms with Crippen molar-refractivity contribution in [2.24, 2.45) is 0 Å². The molecular weight excluding hydrogens is 194 g/mol. The van der Waals surface area contributed by atoms with Gasteiger partial charge in [0.25, 0.3) is 0 Å². The van der Waals surface area contributed by atoms with Crippen LogP contribution in [0.15, 0.2) is 23.6 Å². The summed E-state index contributed by atoms with van der Waals surface area (Å²) < 4.78 is 0.990. The van der Waals surface area contributed by atoms with E-state index in [1.54, 1.807) is 17.4 Å². The standard InChI is InChI=1S/C11H13NOS/c1-12(2)6-8-7-14-11-9(8)4-3-5-10(11)13/h3-5,7,13H,6H2,1-2H3. The Labute approximate surface area is 87.4 Å². The third kappa shape index (κ3) is 1.61. The molecule has 74 valence electrons. The van der Waals surface area contributed by atoms with E-state index in [0.29, 0.717) is 5.75 Å². The van der Waals surface area contributed by atoms with Gasteiger partial charge < -0.3 is 10.0 Å². The van der Waals surface area contributed by atoms with Crippen molar-refractivity contribution in [1.82, 2.24) is 4.90 Å². The third-order valence-electron chi connectivity index (χ3n) is 2.15. The molecule has 0 atom stereocenters. The van der Waals surface area contributed by atoms with E-state index in [9.17, 15) is 5.11 Å². The first-order chi connectivity index (χ1) is 6.68. The average molecular weight is 207 g/mol. The fourth-order valence-electron chi connectivity index (χ4n) is 1.56. The van der Waals surface area contributed by atoms with E-state index in [1.165, 1.54) is 10.9 Å². The SMILES string of the molecule is CN(C)Cc1csc2c(O)cccc12. The fraction of sp³-hybridized carbons (Fsp3) is 0.273. The van der Waals surface area contributed by atoms with Crippen molar-refractivity contribution in [2.45, 2.75) is 6.54 Å². The largest absolute Gasteiger partial charge is 0.506 e.